The second kappa shape index (κ2) is 3.11. The van der Waals surface area contributed by atoms with E-state index in [1.807, 2.05) is 0 Å². The SMILES string of the molecule is CC(=O)c1cc(F)c(N)c(Cl)c1. The van der Waals surface area contributed by atoms with Crippen LogP contribution in [0.25, 0.3) is 0 Å². The van der Waals surface area contributed by atoms with E-state index < -0.39 is 5.82 Å². The molecule has 1 aromatic rings. The number of anilines is 1. The van der Waals surface area contributed by atoms with Crippen molar-refractivity contribution in [1.29, 1.82) is 0 Å². The number of ketones is 1. The smallest absolute Gasteiger partial charge is 0.159 e. The van der Waals surface area contributed by atoms with Gasteiger partial charge in [-0.15, -0.1) is 0 Å². The van der Waals surface area contributed by atoms with E-state index in [0.29, 0.717) is 0 Å². The van der Waals surface area contributed by atoms with E-state index in [1.165, 1.54) is 13.0 Å². The van der Waals surface area contributed by atoms with Crippen LogP contribution in [0.15, 0.2) is 12.1 Å². The molecule has 0 unspecified atom stereocenters. The Balaban J connectivity index is 3.31. The molecule has 64 valence electrons. The Labute approximate surface area is 74.1 Å². The van der Waals surface area contributed by atoms with Crippen molar-refractivity contribution in [1.82, 2.24) is 0 Å². The third-order valence-electron chi connectivity index (χ3n) is 1.49. The fourth-order valence-corrected chi connectivity index (χ4v) is 0.995. The van der Waals surface area contributed by atoms with Crippen LogP contribution in [-0.2, 0) is 0 Å². The molecule has 12 heavy (non-hydrogen) atoms. The predicted molar refractivity (Wildman–Crippen MR) is 45.8 cm³/mol. The highest BCUT2D eigenvalue weighted by molar-refractivity contribution is 6.33. The van der Waals surface area contributed by atoms with Crippen LogP contribution in [0.4, 0.5) is 10.1 Å². The zero-order chi connectivity index (χ0) is 9.30. The van der Waals surface area contributed by atoms with Crippen molar-refractivity contribution in [3.63, 3.8) is 0 Å². The first kappa shape index (κ1) is 9.00. The molecule has 1 rings (SSSR count). The molecule has 0 aliphatic heterocycles. The Morgan fingerprint density at radius 2 is 2.17 bits per heavy atom. The number of halogens is 2. The summed E-state index contributed by atoms with van der Waals surface area (Å²) >= 11 is 5.55. The number of hydrogen-bond acceptors (Lipinski definition) is 2. The fraction of sp³-hybridized carbons (Fsp3) is 0.125. The third kappa shape index (κ3) is 1.56. The van der Waals surface area contributed by atoms with Crippen molar-refractivity contribution in [2.24, 2.45) is 0 Å². The maximum atomic E-state index is 12.8. The normalized spacial score (nSPS) is 9.92. The number of Topliss-reactive ketones (excluding diaryl/α,β-unsaturated/α-hetero) is 1. The average Bonchev–Trinajstić information content (AvgIpc) is 1.99. The molecular formula is C8H7ClFNO. The number of carbonyl (C=O) groups excluding carboxylic acids is 1. The van der Waals surface area contributed by atoms with Crippen molar-refractivity contribution in [3.8, 4) is 0 Å². The number of carbonyl (C=O) groups is 1. The Hall–Kier alpha value is -1.09. The van der Waals surface area contributed by atoms with Crippen molar-refractivity contribution in [2.75, 3.05) is 5.73 Å². The summed E-state index contributed by atoms with van der Waals surface area (Å²) in [5, 5.41) is 0.0696. The van der Waals surface area contributed by atoms with Gasteiger partial charge in [0.2, 0.25) is 0 Å². The van der Waals surface area contributed by atoms with E-state index in [4.69, 9.17) is 17.3 Å². The standard InChI is InChI=1S/C8H7ClFNO/c1-4(12)5-2-6(9)8(11)7(10)3-5/h2-3H,11H2,1H3. The second-order valence-electron chi connectivity index (χ2n) is 2.41. The molecule has 0 aliphatic carbocycles. The minimum absolute atomic E-state index is 0.0696. The molecule has 0 fully saturated rings. The summed E-state index contributed by atoms with van der Waals surface area (Å²) in [4.78, 5) is 10.8. The van der Waals surface area contributed by atoms with Crippen molar-refractivity contribution in [3.05, 3.63) is 28.5 Å². The van der Waals surface area contributed by atoms with Gasteiger partial charge in [-0.1, -0.05) is 11.6 Å². The second-order valence-corrected chi connectivity index (χ2v) is 2.82. The van der Waals surface area contributed by atoms with Crippen LogP contribution in [0.5, 0.6) is 0 Å². The van der Waals surface area contributed by atoms with E-state index >= 15 is 0 Å². The largest absolute Gasteiger partial charge is 0.395 e. The summed E-state index contributed by atoms with van der Waals surface area (Å²) < 4.78 is 12.8. The van der Waals surface area contributed by atoms with Gasteiger partial charge < -0.3 is 5.73 Å². The molecule has 0 saturated heterocycles. The highest BCUT2D eigenvalue weighted by Gasteiger charge is 2.08. The lowest BCUT2D eigenvalue weighted by molar-refractivity contribution is 0.101. The van der Waals surface area contributed by atoms with Crippen LogP contribution >= 0.6 is 11.6 Å². The van der Waals surface area contributed by atoms with Gasteiger partial charge in [-0.05, 0) is 19.1 Å². The number of nitrogens with two attached hydrogens (primary N) is 1. The van der Waals surface area contributed by atoms with Crippen molar-refractivity contribution >= 4 is 23.1 Å². The highest BCUT2D eigenvalue weighted by Crippen LogP contribution is 2.23. The summed E-state index contributed by atoms with van der Waals surface area (Å²) in [5.41, 5.74) is 5.34. The fourth-order valence-electron chi connectivity index (χ4n) is 0.788. The Morgan fingerprint density at radius 1 is 1.58 bits per heavy atom. The van der Waals surface area contributed by atoms with Crippen LogP contribution in [0.1, 0.15) is 17.3 Å². The Morgan fingerprint density at radius 3 is 2.58 bits per heavy atom. The summed E-state index contributed by atoms with van der Waals surface area (Å²) in [6.45, 7) is 1.33. The number of hydrogen-bond donors (Lipinski definition) is 1. The average molecular weight is 188 g/mol. The number of nitrogen functional groups attached to an aromatic ring is 1. The Bertz CT molecular complexity index is 315. The van der Waals surface area contributed by atoms with Crippen LogP contribution in [0, 0.1) is 5.82 Å². The van der Waals surface area contributed by atoms with Gasteiger partial charge in [-0.2, -0.15) is 0 Å². The van der Waals surface area contributed by atoms with E-state index in [9.17, 15) is 9.18 Å². The van der Waals surface area contributed by atoms with Crippen LogP contribution in [-0.4, -0.2) is 5.78 Å². The van der Waals surface area contributed by atoms with E-state index in [-0.39, 0.29) is 22.1 Å². The molecule has 0 spiro atoms. The zero-order valence-corrected chi connectivity index (χ0v) is 7.15. The topological polar surface area (TPSA) is 43.1 Å². The van der Waals surface area contributed by atoms with Gasteiger partial charge in [0.05, 0.1) is 10.7 Å². The molecule has 2 N–H and O–H groups in total. The van der Waals surface area contributed by atoms with E-state index in [1.54, 1.807) is 0 Å². The molecule has 1 aromatic carbocycles. The zero-order valence-electron chi connectivity index (χ0n) is 6.40. The third-order valence-corrected chi connectivity index (χ3v) is 1.80. The minimum Gasteiger partial charge on any atom is -0.395 e. The lowest BCUT2D eigenvalue weighted by atomic mass is 10.1. The lowest BCUT2D eigenvalue weighted by Crippen LogP contribution is -1.97. The van der Waals surface area contributed by atoms with E-state index in [0.717, 1.165) is 6.07 Å². The summed E-state index contributed by atoms with van der Waals surface area (Å²) in [6, 6.07) is 2.42. The van der Waals surface area contributed by atoms with Crippen LogP contribution in [0.3, 0.4) is 0 Å². The van der Waals surface area contributed by atoms with Gasteiger partial charge in [-0.25, -0.2) is 4.39 Å². The Kier molecular flexibility index (Phi) is 2.33. The van der Waals surface area contributed by atoms with Gasteiger partial charge in [0.25, 0.3) is 0 Å². The highest BCUT2D eigenvalue weighted by atomic mass is 35.5. The molecule has 0 radical (unpaired) electrons. The van der Waals surface area contributed by atoms with Crippen molar-refractivity contribution < 1.29 is 9.18 Å². The molecule has 0 atom stereocenters. The summed E-state index contributed by atoms with van der Waals surface area (Å²) in [7, 11) is 0. The van der Waals surface area contributed by atoms with Gasteiger partial charge in [0.15, 0.2) is 5.78 Å². The van der Waals surface area contributed by atoms with Crippen molar-refractivity contribution in [2.45, 2.75) is 6.92 Å². The van der Waals surface area contributed by atoms with Gasteiger partial charge in [0, 0.05) is 5.56 Å². The maximum Gasteiger partial charge on any atom is 0.159 e. The first-order valence-corrected chi connectivity index (χ1v) is 3.65. The quantitative estimate of drug-likeness (QED) is 0.541. The molecule has 4 heteroatoms. The summed E-state index contributed by atoms with van der Waals surface area (Å²) in [6.07, 6.45) is 0. The monoisotopic (exact) mass is 187 g/mol. The van der Waals surface area contributed by atoms with E-state index in [2.05, 4.69) is 0 Å². The molecule has 2 nitrogen and oxygen atoms in total. The maximum absolute atomic E-state index is 12.8. The molecule has 0 aliphatic rings. The van der Waals surface area contributed by atoms with Gasteiger partial charge in [0.1, 0.15) is 5.82 Å². The number of rotatable bonds is 1. The summed E-state index contributed by atoms with van der Waals surface area (Å²) in [5.74, 6) is -0.900. The van der Waals surface area contributed by atoms with Gasteiger partial charge in [-0.3, -0.25) is 4.79 Å². The molecule has 0 aromatic heterocycles. The minimum atomic E-state index is -0.660. The molecular weight excluding hydrogens is 181 g/mol. The first-order valence-electron chi connectivity index (χ1n) is 3.28. The number of benzene rings is 1. The molecule has 0 saturated carbocycles. The molecule has 0 bridgehead atoms. The lowest BCUT2D eigenvalue weighted by Gasteiger charge is -2.01. The first-order chi connectivity index (χ1) is 5.52. The van der Waals surface area contributed by atoms with Crippen LogP contribution in [0.2, 0.25) is 5.02 Å². The van der Waals surface area contributed by atoms with Crippen LogP contribution < -0.4 is 5.73 Å². The molecule has 0 amide bonds. The molecule has 0 heterocycles. The predicted octanol–water partition coefficient (Wildman–Crippen LogP) is 2.26. The van der Waals surface area contributed by atoms with Gasteiger partial charge >= 0.3 is 0 Å².